The van der Waals surface area contributed by atoms with Crippen LogP contribution in [0.5, 0.6) is 0 Å². The molecule has 1 aliphatic carbocycles. The van der Waals surface area contributed by atoms with Crippen LogP contribution in [0.25, 0.3) is 0 Å². The second-order valence-electron chi connectivity index (χ2n) is 4.64. The number of amides is 1. The third kappa shape index (κ3) is 2.90. The van der Waals surface area contributed by atoms with Crippen LogP contribution in [0.1, 0.15) is 40.2 Å². The molecule has 2 rings (SSSR count). The molecule has 1 aromatic rings. The third-order valence-electron chi connectivity index (χ3n) is 3.47. The van der Waals surface area contributed by atoms with Crippen LogP contribution in [-0.2, 0) is 4.74 Å². The average molecular weight is 264 g/mol. The molecule has 2 N–H and O–H groups in total. The number of hydrogen-bond donors (Lipinski definition) is 2. The molecular weight excluding hydrogens is 248 g/mol. The molecule has 0 radical (unpaired) electrons. The van der Waals surface area contributed by atoms with Crippen LogP contribution >= 0.6 is 0 Å². The highest BCUT2D eigenvalue weighted by Gasteiger charge is 2.37. The van der Waals surface area contributed by atoms with Crippen molar-refractivity contribution >= 4 is 11.9 Å². The molecule has 0 aromatic carbocycles. The van der Waals surface area contributed by atoms with Crippen LogP contribution in [0.15, 0.2) is 18.2 Å². The van der Waals surface area contributed by atoms with E-state index in [-0.39, 0.29) is 22.9 Å². The second kappa shape index (κ2) is 5.36. The average Bonchev–Trinajstić information content (AvgIpc) is 2.38. The lowest BCUT2D eigenvalue weighted by Gasteiger charge is -2.40. The fourth-order valence-electron chi connectivity index (χ4n) is 2.04. The van der Waals surface area contributed by atoms with E-state index >= 15 is 0 Å². The van der Waals surface area contributed by atoms with Gasteiger partial charge in [-0.15, -0.1) is 0 Å². The van der Waals surface area contributed by atoms with Gasteiger partial charge in [0.15, 0.2) is 0 Å². The molecule has 0 saturated heterocycles. The Morgan fingerprint density at radius 1 is 1.42 bits per heavy atom. The van der Waals surface area contributed by atoms with Gasteiger partial charge in [0.05, 0.1) is 5.60 Å². The van der Waals surface area contributed by atoms with E-state index in [2.05, 4.69) is 10.3 Å². The Kier molecular flexibility index (Phi) is 3.80. The maximum Gasteiger partial charge on any atom is 0.354 e. The van der Waals surface area contributed by atoms with Crippen LogP contribution in [0.4, 0.5) is 0 Å². The summed E-state index contributed by atoms with van der Waals surface area (Å²) < 4.78 is 5.39. The summed E-state index contributed by atoms with van der Waals surface area (Å²) in [5, 5.41) is 11.6. The lowest BCUT2D eigenvalue weighted by Crippen LogP contribution is -2.49. The quantitative estimate of drug-likeness (QED) is 0.830. The summed E-state index contributed by atoms with van der Waals surface area (Å²) in [4.78, 5) is 26.5. The number of methoxy groups -OCH3 is 1. The maximum atomic E-state index is 11.9. The van der Waals surface area contributed by atoms with Gasteiger partial charge in [0.1, 0.15) is 11.4 Å². The standard InChI is InChI=1S/C13H16N2O4/c1-19-13(6-3-7-13)8-14-11(16)9-4-2-5-10(15-9)12(17)18/h2,4-5H,3,6-8H2,1H3,(H,14,16)(H,17,18). The van der Waals surface area contributed by atoms with Crippen molar-refractivity contribution in [2.75, 3.05) is 13.7 Å². The van der Waals surface area contributed by atoms with Crippen molar-refractivity contribution in [3.63, 3.8) is 0 Å². The summed E-state index contributed by atoms with van der Waals surface area (Å²) in [5.74, 6) is -1.53. The number of carbonyl (C=O) groups excluding carboxylic acids is 1. The largest absolute Gasteiger partial charge is 0.477 e. The SMILES string of the molecule is COC1(CNC(=O)c2cccc(C(=O)O)n2)CCC1. The number of nitrogens with zero attached hydrogens (tertiary/aromatic N) is 1. The van der Waals surface area contributed by atoms with Crippen molar-refractivity contribution in [2.24, 2.45) is 0 Å². The fourth-order valence-corrected chi connectivity index (χ4v) is 2.04. The number of carboxylic acid groups (broad SMARTS) is 1. The number of aromatic carboxylic acids is 1. The minimum atomic E-state index is -1.15. The van der Waals surface area contributed by atoms with Gasteiger partial charge in [0, 0.05) is 13.7 Å². The molecule has 0 bridgehead atoms. The lowest BCUT2D eigenvalue weighted by atomic mass is 9.80. The number of nitrogens with one attached hydrogen (secondary N) is 1. The smallest absolute Gasteiger partial charge is 0.354 e. The summed E-state index contributed by atoms with van der Waals surface area (Å²) in [7, 11) is 1.63. The van der Waals surface area contributed by atoms with Crippen LogP contribution in [0, 0.1) is 0 Å². The zero-order valence-electron chi connectivity index (χ0n) is 10.7. The van der Waals surface area contributed by atoms with Crippen molar-refractivity contribution in [1.82, 2.24) is 10.3 Å². The molecule has 0 spiro atoms. The first-order chi connectivity index (χ1) is 9.06. The van der Waals surface area contributed by atoms with Crippen molar-refractivity contribution < 1.29 is 19.4 Å². The topological polar surface area (TPSA) is 88.5 Å². The van der Waals surface area contributed by atoms with Crippen LogP contribution in [-0.4, -0.2) is 41.2 Å². The van der Waals surface area contributed by atoms with Gasteiger partial charge in [0.25, 0.3) is 5.91 Å². The predicted octanol–water partition coefficient (Wildman–Crippen LogP) is 1.08. The molecule has 102 valence electrons. The summed E-state index contributed by atoms with van der Waals surface area (Å²) in [5.41, 5.74) is -0.303. The molecule has 0 atom stereocenters. The van der Waals surface area contributed by atoms with Crippen molar-refractivity contribution in [1.29, 1.82) is 0 Å². The van der Waals surface area contributed by atoms with E-state index in [0.717, 1.165) is 19.3 Å². The summed E-state index contributed by atoms with van der Waals surface area (Å²) in [6, 6.07) is 4.34. The van der Waals surface area contributed by atoms with E-state index in [0.29, 0.717) is 6.54 Å². The number of carboxylic acids is 1. The van der Waals surface area contributed by atoms with Gasteiger partial charge in [0.2, 0.25) is 0 Å². The van der Waals surface area contributed by atoms with Crippen molar-refractivity contribution in [2.45, 2.75) is 24.9 Å². The van der Waals surface area contributed by atoms with Crippen LogP contribution in [0.3, 0.4) is 0 Å². The van der Waals surface area contributed by atoms with Gasteiger partial charge in [-0.2, -0.15) is 0 Å². The molecule has 6 heteroatoms. The molecular formula is C13H16N2O4. The monoisotopic (exact) mass is 264 g/mol. The minimum absolute atomic E-state index is 0.102. The molecule has 1 aromatic heterocycles. The highest BCUT2D eigenvalue weighted by Crippen LogP contribution is 2.34. The first-order valence-electron chi connectivity index (χ1n) is 6.10. The zero-order chi connectivity index (χ0) is 13.9. The van der Waals surface area contributed by atoms with E-state index in [1.807, 2.05) is 0 Å². The molecule has 6 nitrogen and oxygen atoms in total. The third-order valence-corrected chi connectivity index (χ3v) is 3.47. The Hall–Kier alpha value is -1.95. The Morgan fingerprint density at radius 2 is 2.11 bits per heavy atom. The Morgan fingerprint density at radius 3 is 2.63 bits per heavy atom. The number of ether oxygens (including phenoxy) is 1. The number of carbonyl (C=O) groups is 2. The number of hydrogen-bond acceptors (Lipinski definition) is 4. The number of pyridine rings is 1. The molecule has 0 aliphatic heterocycles. The van der Waals surface area contributed by atoms with Gasteiger partial charge in [-0.1, -0.05) is 6.07 Å². The first kappa shape index (κ1) is 13.5. The Balaban J connectivity index is 2.00. The van der Waals surface area contributed by atoms with Crippen molar-refractivity contribution in [3.8, 4) is 0 Å². The molecule has 1 amide bonds. The molecule has 1 heterocycles. The van der Waals surface area contributed by atoms with E-state index in [9.17, 15) is 9.59 Å². The van der Waals surface area contributed by atoms with Gasteiger partial charge in [-0.05, 0) is 31.4 Å². The molecule has 1 fully saturated rings. The first-order valence-corrected chi connectivity index (χ1v) is 6.10. The van der Waals surface area contributed by atoms with E-state index in [4.69, 9.17) is 9.84 Å². The Bertz CT molecular complexity index is 492. The van der Waals surface area contributed by atoms with Crippen molar-refractivity contribution in [3.05, 3.63) is 29.6 Å². The summed E-state index contributed by atoms with van der Waals surface area (Å²) in [6.45, 7) is 0.418. The summed E-state index contributed by atoms with van der Waals surface area (Å²) >= 11 is 0. The van der Waals surface area contributed by atoms with Gasteiger partial charge < -0.3 is 15.2 Å². The predicted molar refractivity (Wildman–Crippen MR) is 67.1 cm³/mol. The van der Waals surface area contributed by atoms with Gasteiger partial charge in [-0.3, -0.25) is 4.79 Å². The van der Waals surface area contributed by atoms with E-state index in [1.165, 1.54) is 18.2 Å². The maximum absolute atomic E-state index is 11.9. The van der Waals surface area contributed by atoms with E-state index < -0.39 is 5.97 Å². The van der Waals surface area contributed by atoms with E-state index in [1.54, 1.807) is 7.11 Å². The number of rotatable bonds is 5. The van der Waals surface area contributed by atoms with Crippen LogP contribution in [0.2, 0.25) is 0 Å². The highest BCUT2D eigenvalue weighted by molar-refractivity contribution is 5.94. The normalized spacial score (nSPS) is 16.5. The molecule has 0 unspecified atom stereocenters. The summed E-state index contributed by atoms with van der Waals surface area (Å²) in [6.07, 6.45) is 2.94. The Labute approximate surface area is 110 Å². The second-order valence-corrected chi connectivity index (χ2v) is 4.64. The fraction of sp³-hybridized carbons (Fsp3) is 0.462. The van der Waals surface area contributed by atoms with Gasteiger partial charge >= 0.3 is 5.97 Å². The minimum Gasteiger partial charge on any atom is -0.477 e. The number of aromatic nitrogens is 1. The molecule has 1 aliphatic rings. The zero-order valence-corrected chi connectivity index (χ0v) is 10.7. The van der Waals surface area contributed by atoms with Gasteiger partial charge in [-0.25, -0.2) is 9.78 Å². The molecule has 1 saturated carbocycles. The highest BCUT2D eigenvalue weighted by atomic mass is 16.5. The van der Waals surface area contributed by atoms with Crippen LogP contribution < -0.4 is 5.32 Å². The lowest BCUT2D eigenvalue weighted by molar-refractivity contribution is -0.0679. The molecule has 19 heavy (non-hydrogen) atoms.